The Hall–Kier alpha value is 0.651. The molecule has 0 unspecified atom stereocenters. The lowest BCUT2D eigenvalue weighted by molar-refractivity contribution is 1.02. The summed E-state index contributed by atoms with van der Waals surface area (Å²) in [5.74, 6) is 0. The van der Waals surface area contributed by atoms with Gasteiger partial charge in [0.25, 0.3) is 0 Å². The highest BCUT2D eigenvalue weighted by molar-refractivity contribution is 6.35. The summed E-state index contributed by atoms with van der Waals surface area (Å²) >= 11 is 0. The van der Waals surface area contributed by atoms with Crippen molar-refractivity contribution in [1.29, 1.82) is 0 Å². The van der Waals surface area contributed by atoms with Gasteiger partial charge >= 0.3 is 0 Å². The molecule has 0 spiro atoms. The van der Waals surface area contributed by atoms with E-state index in [4.69, 9.17) is 0 Å². The molecular formula is C6H12Si3. The average Bonchev–Trinajstić information content (AvgIpc) is 1.89. The first-order valence-corrected chi connectivity index (χ1v) is 6.24. The second-order valence-corrected chi connectivity index (χ2v) is 4.46. The van der Waals surface area contributed by atoms with Gasteiger partial charge in [0.2, 0.25) is 0 Å². The van der Waals surface area contributed by atoms with Crippen molar-refractivity contribution in [2.75, 3.05) is 0 Å². The van der Waals surface area contributed by atoms with Crippen molar-refractivity contribution in [3.8, 4) is 0 Å². The van der Waals surface area contributed by atoms with Gasteiger partial charge in [0, 0.05) is 30.0 Å². The van der Waals surface area contributed by atoms with Gasteiger partial charge in [0.15, 0.2) is 0 Å². The van der Waals surface area contributed by atoms with E-state index >= 15 is 0 Å². The van der Waals surface area contributed by atoms with Crippen LogP contribution < -0.4 is 0 Å². The average molecular weight is 168 g/mol. The lowest BCUT2D eigenvalue weighted by Crippen LogP contribution is -1.88. The van der Waals surface area contributed by atoms with Crippen LogP contribution in [0, 0.1) is 0 Å². The van der Waals surface area contributed by atoms with Crippen molar-refractivity contribution < 1.29 is 0 Å². The van der Waals surface area contributed by atoms with Crippen LogP contribution in [0.1, 0.15) is 12.8 Å². The largest absolute Gasteiger partial charge is 0.0641 e. The monoisotopic (exact) mass is 168 g/mol. The Morgan fingerprint density at radius 2 is 1.33 bits per heavy atom. The quantitative estimate of drug-likeness (QED) is 0.416. The fraction of sp³-hybridized carbons (Fsp3) is 1.00. The maximum atomic E-state index is 3.46. The Morgan fingerprint density at radius 1 is 0.889 bits per heavy atom. The van der Waals surface area contributed by atoms with Crippen molar-refractivity contribution in [2.24, 2.45) is 0 Å². The summed E-state index contributed by atoms with van der Waals surface area (Å²) in [4.78, 5) is 0. The SMILES string of the molecule is [Si]CCC[Si]CCC[Si]. The Morgan fingerprint density at radius 3 is 1.67 bits per heavy atom. The molecule has 0 rings (SSSR count). The molecule has 0 aromatic heterocycles. The zero-order chi connectivity index (χ0) is 6.95. The minimum atomic E-state index is 1.17. The summed E-state index contributed by atoms with van der Waals surface area (Å²) in [6.45, 7) is 0. The van der Waals surface area contributed by atoms with Gasteiger partial charge in [-0.25, -0.2) is 0 Å². The topological polar surface area (TPSA) is 0 Å². The number of hydrogen-bond donors (Lipinski definition) is 0. The van der Waals surface area contributed by atoms with Crippen LogP contribution in [0.3, 0.4) is 0 Å². The maximum absolute atomic E-state index is 3.46. The van der Waals surface area contributed by atoms with Gasteiger partial charge in [0.05, 0.1) is 0 Å². The molecule has 9 heavy (non-hydrogen) atoms. The smallest absolute Gasteiger partial charge is 0.0377 e. The highest BCUT2D eigenvalue weighted by atomic mass is 28.2. The molecule has 0 fully saturated rings. The lowest BCUT2D eigenvalue weighted by atomic mass is 10.6. The minimum Gasteiger partial charge on any atom is -0.0641 e. The molecule has 0 atom stereocenters. The van der Waals surface area contributed by atoms with Crippen molar-refractivity contribution >= 4 is 30.0 Å². The van der Waals surface area contributed by atoms with Gasteiger partial charge in [-0.15, -0.1) is 0 Å². The third-order valence-corrected chi connectivity index (χ3v) is 3.18. The van der Waals surface area contributed by atoms with Crippen LogP contribution in [-0.2, 0) is 0 Å². The van der Waals surface area contributed by atoms with E-state index < -0.39 is 0 Å². The van der Waals surface area contributed by atoms with Crippen LogP contribution >= 0.6 is 0 Å². The van der Waals surface area contributed by atoms with Crippen LogP contribution in [0.4, 0.5) is 0 Å². The fourth-order valence-corrected chi connectivity index (χ4v) is 2.72. The zero-order valence-corrected chi connectivity index (χ0v) is 8.74. The van der Waals surface area contributed by atoms with E-state index in [1.54, 1.807) is 0 Å². The molecular weight excluding hydrogens is 156 g/mol. The van der Waals surface area contributed by atoms with Crippen LogP contribution in [-0.4, -0.2) is 30.0 Å². The second-order valence-electron chi connectivity index (χ2n) is 1.96. The lowest BCUT2D eigenvalue weighted by Gasteiger charge is -1.94. The van der Waals surface area contributed by atoms with Gasteiger partial charge in [-0.1, -0.05) is 37.0 Å². The van der Waals surface area contributed by atoms with Crippen molar-refractivity contribution in [1.82, 2.24) is 0 Å². The van der Waals surface area contributed by atoms with E-state index in [0.29, 0.717) is 0 Å². The highest BCUT2D eigenvalue weighted by Gasteiger charge is 1.87. The van der Waals surface area contributed by atoms with Crippen molar-refractivity contribution in [3.05, 3.63) is 0 Å². The molecule has 0 bridgehead atoms. The molecule has 0 aliphatic heterocycles. The molecule has 0 aliphatic carbocycles. The van der Waals surface area contributed by atoms with Crippen LogP contribution in [0.2, 0.25) is 24.2 Å². The van der Waals surface area contributed by atoms with E-state index in [1.165, 1.54) is 46.5 Å². The van der Waals surface area contributed by atoms with E-state index in [9.17, 15) is 0 Å². The molecule has 3 heteroatoms. The zero-order valence-electron chi connectivity index (χ0n) is 5.74. The molecule has 0 saturated carbocycles. The summed E-state index contributed by atoms with van der Waals surface area (Å²) < 4.78 is 0. The fourth-order valence-electron chi connectivity index (χ4n) is 0.552. The molecule has 48 valence electrons. The third kappa shape index (κ3) is 8.65. The first-order chi connectivity index (χ1) is 4.41. The van der Waals surface area contributed by atoms with Gasteiger partial charge in [-0.2, -0.15) is 0 Å². The van der Waals surface area contributed by atoms with E-state index in [-0.39, 0.29) is 0 Å². The van der Waals surface area contributed by atoms with Gasteiger partial charge in [-0.05, 0) is 0 Å². The van der Waals surface area contributed by atoms with Crippen LogP contribution in [0.5, 0.6) is 0 Å². The number of hydrogen-bond acceptors (Lipinski definition) is 0. The van der Waals surface area contributed by atoms with Crippen molar-refractivity contribution in [3.63, 3.8) is 0 Å². The Bertz CT molecular complexity index is 41.6. The second kappa shape index (κ2) is 8.65. The Kier molecular flexibility index (Phi) is 9.28. The first-order valence-electron chi connectivity index (χ1n) is 3.41. The van der Waals surface area contributed by atoms with Crippen molar-refractivity contribution in [2.45, 2.75) is 37.0 Å². The minimum absolute atomic E-state index is 1.17. The van der Waals surface area contributed by atoms with Gasteiger partial charge in [-0.3, -0.25) is 0 Å². The molecule has 0 N–H and O–H groups in total. The van der Waals surface area contributed by atoms with Crippen LogP contribution in [0.15, 0.2) is 0 Å². The summed E-state index contributed by atoms with van der Waals surface area (Å²) in [5, 5.41) is 0. The van der Waals surface area contributed by atoms with E-state index in [1.807, 2.05) is 0 Å². The molecule has 0 nitrogen and oxygen atoms in total. The first kappa shape index (κ1) is 9.65. The molecule has 0 aliphatic rings. The summed E-state index contributed by atoms with van der Waals surface area (Å²) in [6.07, 6.45) is 2.69. The summed E-state index contributed by atoms with van der Waals surface area (Å²) in [5.41, 5.74) is 0. The van der Waals surface area contributed by atoms with Gasteiger partial charge < -0.3 is 0 Å². The van der Waals surface area contributed by atoms with Crippen LogP contribution in [0.25, 0.3) is 0 Å². The number of rotatable bonds is 6. The van der Waals surface area contributed by atoms with Gasteiger partial charge in [0.1, 0.15) is 0 Å². The summed E-state index contributed by atoms with van der Waals surface area (Å²) in [7, 11) is 8.10. The normalized spacial score (nSPS) is 10.0. The predicted octanol–water partition coefficient (Wildman–Crippen LogP) is 1.48. The standard InChI is InChI=1S/C6H12Si3/c7-3-1-5-9-6-2-4-8/h1-6H2. The molecule has 0 heterocycles. The molecule has 8 radical (unpaired) electrons. The molecule has 0 amide bonds. The maximum Gasteiger partial charge on any atom is 0.0377 e. The Labute approximate surface area is 67.5 Å². The molecule has 0 aromatic rings. The summed E-state index contributed by atoms with van der Waals surface area (Å²) in [6, 6.07) is 5.16. The van der Waals surface area contributed by atoms with E-state index in [2.05, 4.69) is 20.5 Å². The highest BCUT2D eigenvalue weighted by Crippen LogP contribution is 1.98. The Balaban J connectivity index is 2.60. The van der Waals surface area contributed by atoms with E-state index in [0.717, 1.165) is 0 Å². The molecule has 0 saturated heterocycles. The third-order valence-electron chi connectivity index (χ3n) is 1.06. The predicted molar refractivity (Wildman–Crippen MR) is 45.7 cm³/mol. The molecule has 0 aromatic carbocycles.